The van der Waals surface area contributed by atoms with E-state index in [1.807, 2.05) is 30.1 Å². The fraction of sp³-hybridized carbons (Fsp3) is 0.421. The standard InChI is InChI=1S/C19H24N2OS/c1-15(18-6-5-13-23-18)20(2)19(22)17-9-7-16(8-10-17)14-21-11-3-4-12-21/h5-10,13,15H,3-4,11-12,14H2,1-2H3/t15-/m0/s1. The molecule has 0 aliphatic carbocycles. The van der Waals surface area contributed by atoms with Gasteiger partial charge in [0.05, 0.1) is 6.04 Å². The van der Waals surface area contributed by atoms with E-state index in [1.54, 1.807) is 11.3 Å². The zero-order valence-electron chi connectivity index (χ0n) is 13.9. The van der Waals surface area contributed by atoms with Crippen molar-refractivity contribution in [2.45, 2.75) is 32.4 Å². The smallest absolute Gasteiger partial charge is 0.254 e. The molecule has 1 aromatic carbocycles. The van der Waals surface area contributed by atoms with E-state index in [2.05, 4.69) is 35.4 Å². The minimum atomic E-state index is 0.0821. The van der Waals surface area contributed by atoms with Crippen LogP contribution < -0.4 is 0 Å². The number of carbonyl (C=O) groups is 1. The molecule has 1 atom stereocenters. The Morgan fingerprint density at radius 2 is 1.91 bits per heavy atom. The summed E-state index contributed by atoms with van der Waals surface area (Å²) in [7, 11) is 1.88. The van der Waals surface area contributed by atoms with E-state index in [0.29, 0.717) is 0 Å². The van der Waals surface area contributed by atoms with Crippen LogP contribution >= 0.6 is 11.3 Å². The second-order valence-corrected chi connectivity index (χ2v) is 7.27. The van der Waals surface area contributed by atoms with Crippen LogP contribution in [-0.4, -0.2) is 35.8 Å². The molecule has 1 aromatic heterocycles. The Bertz CT molecular complexity index is 630. The van der Waals surface area contributed by atoms with Crippen LogP contribution in [0.25, 0.3) is 0 Å². The molecule has 122 valence electrons. The second kappa shape index (κ2) is 7.28. The third kappa shape index (κ3) is 3.82. The van der Waals surface area contributed by atoms with Gasteiger partial charge in [-0.3, -0.25) is 9.69 Å². The summed E-state index contributed by atoms with van der Waals surface area (Å²) in [6, 6.07) is 12.3. The Morgan fingerprint density at radius 1 is 1.22 bits per heavy atom. The van der Waals surface area contributed by atoms with Gasteiger partial charge in [0, 0.05) is 24.0 Å². The third-order valence-electron chi connectivity index (χ3n) is 4.66. The Kier molecular flexibility index (Phi) is 5.13. The van der Waals surface area contributed by atoms with Crippen molar-refractivity contribution in [3.8, 4) is 0 Å². The van der Waals surface area contributed by atoms with Crippen LogP contribution in [0.5, 0.6) is 0 Å². The van der Waals surface area contributed by atoms with Crippen LogP contribution in [-0.2, 0) is 6.54 Å². The molecular formula is C19H24N2OS. The first-order valence-corrected chi connectivity index (χ1v) is 9.15. The molecule has 0 radical (unpaired) electrons. The zero-order valence-corrected chi connectivity index (χ0v) is 14.7. The summed E-state index contributed by atoms with van der Waals surface area (Å²) in [5, 5.41) is 2.05. The number of hydrogen-bond acceptors (Lipinski definition) is 3. The molecule has 2 heterocycles. The quantitative estimate of drug-likeness (QED) is 0.822. The van der Waals surface area contributed by atoms with Crippen LogP contribution in [0, 0.1) is 0 Å². The second-order valence-electron chi connectivity index (χ2n) is 6.29. The van der Waals surface area contributed by atoms with Gasteiger partial charge >= 0.3 is 0 Å². The van der Waals surface area contributed by atoms with Crippen molar-refractivity contribution in [1.82, 2.24) is 9.80 Å². The van der Waals surface area contributed by atoms with E-state index in [1.165, 1.54) is 36.4 Å². The highest BCUT2D eigenvalue weighted by Crippen LogP contribution is 2.25. The summed E-state index contributed by atoms with van der Waals surface area (Å²) >= 11 is 1.69. The van der Waals surface area contributed by atoms with Gasteiger partial charge in [-0.1, -0.05) is 18.2 Å². The molecule has 0 spiro atoms. The molecule has 1 fully saturated rings. The molecule has 1 aliphatic rings. The van der Waals surface area contributed by atoms with E-state index in [4.69, 9.17) is 0 Å². The lowest BCUT2D eigenvalue weighted by Gasteiger charge is -2.24. The third-order valence-corrected chi connectivity index (χ3v) is 5.70. The average Bonchev–Trinajstić information content (AvgIpc) is 3.27. The minimum absolute atomic E-state index is 0.0821. The van der Waals surface area contributed by atoms with Gasteiger partial charge < -0.3 is 4.90 Å². The van der Waals surface area contributed by atoms with Gasteiger partial charge in [-0.25, -0.2) is 0 Å². The van der Waals surface area contributed by atoms with Gasteiger partial charge in [0.2, 0.25) is 0 Å². The van der Waals surface area contributed by atoms with Crippen molar-refractivity contribution in [2.75, 3.05) is 20.1 Å². The van der Waals surface area contributed by atoms with E-state index in [-0.39, 0.29) is 11.9 Å². The van der Waals surface area contributed by atoms with Crippen LogP contribution in [0.15, 0.2) is 41.8 Å². The van der Waals surface area contributed by atoms with Crippen LogP contribution in [0.3, 0.4) is 0 Å². The summed E-state index contributed by atoms with van der Waals surface area (Å²) in [5.41, 5.74) is 2.05. The fourth-order valence-corrected chi connectivity index (χ4v) is 3.88. The number of amides is 1. The van der Waals surface area contributed by atoms with Crippen molar-refractivity contribution in [3.63, 3.8) is 0 Å². The number of likely N-dealkylation sites (tertiary alicyclic amines) is 1. The molecule has 1 aliphatic heterocycles. The van der Waals surface area contributed by atoms with E-state index >= 15 is 0 Å². The molecular weight excluding hydrogens is 304 g/mol. The van der Waals surface area contributed by atoms with E-state index < -0.39 is 0 Å². The maximum absolute atomic E-state index is 12.7. The number of benzene rings is 1. The normalized spacial score (nSPS) is 16.4. The molecule has 2 aromatic rings. The molecule has 3 nitrogen and oxygen atoms in total. The predicted molar refractivity (Wildman–Crippen MR) is 95.8 cm³/mol. The highest BCUT2D eigenvalue weighted by atomic mass is 32.1. The molecule has 1 amide bonds. The molecule has 23 heavy (non-hydrogen) atoms. The van der Waals surface area contributed by atoms with E-state index in [0.717, 1.165) is 12.1 Å². The van der Waals surface area contributed by atoms with Crippen molar-refractivity contribution < 1.29 is 4.79 Å². The Labute approximate surface area is 142 Å². The Balaban J connectivity index is 1.64. The highest BCUT2D eigenvalue weighted by Gasteiger charge is 2.19. The Morgan fingerprint density at radius 3 is 2.52 bits per heavy atom. The lowest BCUT2D eigenvalue weighted by Crippen LogP contribution is -2.29. The largest absolute Gasteiger partial charge is 0.334 e. The van der Waals surface area contributed by atoms with Crippen molar-refractivity contribution in [1.29, 1.82) is 0 Å². The number of carbonyl (C=O) groups excluding carboxylic acids is 1. The lowest BCUT2D eigenvalue weighted by atomic mass is 10.1. The van der Waals surface area contributed by atoms with E-state index in [9.17, 15) is 4.79 Å². The molecule has 0 saturated carbocycles. The minimum Gasteiger partial charge on any atom is -0.334 e. The molecule has 3 rings (SSSR count). The average molecular weight is 328 g/mol. The number of hydrogen-bond donors (Lipinski definition) is 0. The summed E-state index contributed by atoms with van der Waals surface area (Å²) in [6.45, 7) is 5.46. The molecule has 4 heteroatoms. The molecule has 0 N–H and O–H groups in total. The van der Waals surface area contributed by atoms with Gasteiger partial charge in [0.1, 0.15) is 0 Å². The Hall–Kier alpha value is -1.65. The summed E-state index contributed by atoms with van der Waals surface area (Å²) < 4.78 is 0. The predicted octanol–water partition coefficient (Wildman–Crippen LogP) is 4.18. The topological polar surface area (TPSA) is 23.6 Å². The van der Waals surface area contributed by atoms with Gasteiger partial charge in [0.15, 0.2) is 0 Å². The lowest BCUT2D eigenvalue weighted by molar-refractivity contribution is 0.0745. The fourth-order valence-electron chi connectivity index (χ4n) is 3.05. The molecule has 1 saturated heterocycles. The summed E-state index contributed by atoms with van der Waals surface area (Å²) in [6.07, 6.45) is 2.62. The van der Waals surface area contributed by atoms with Crippen LogP contribution in [0.1, 0.15) is 46.6 Å². The first kappa shape index (κ1) is 16.2. The number of nitrogens with zero attached hydrogens (tertiary/aromatic N) is 2. The number of rotatable bonds is 5. The van der Waals surface area contributed by atoms with Gasteiger partial charge in [-0.2, -0.15) is 0 Å². The van der Waals surface area contributed by atoms with Gasteiger partial charge in [0.25, 0.3) is 5.91 Å². The monoisotopic (exact) mass is 328 g/mol. The maximum Gasteiger partial charge on any atom is 0.254 e. The van der Waals surface area contributed by atoms with Crippen molar-refractivity contribution in [3.05, 3.63) is 57.8 Å². The highest BCUT2D eigenvalue weighted by molar-refractivity contribution is 7.10. The molecule has 0 bridgehead atoms. The van der Waals surface area contributed by atoms with Crippen molar-refractivity contribution >= 4 is 17.2 Å². The zero-order chi connectivity index (χ0) is 16.2. The first-order chi connectivity index (χ1) is 11.1. The summed E-state index contributed by atoms with van der Waals surface area (Å²) in [4.78, 5) is 18.2. The van der Waals surface area contributed by atoms with Gasteiger partial charge in [-0.05, 0) is 62.0 Å². The van der Waals surface area contributed by atoms with Gasteiger partial charge in [-0.15, -0.1) is 11.3 Å². The first-order valence-electron chi connectivity index (χ1n) is 8.27. The SMILES string of the molecule is C[C@@H](c1cccs1)N(C)C(=O)c1ccc(CN2CCCC2)cc1. The number of thiophene rings is 1. The van der Waals surface area contributed by atoms with Crippen molar-refractivity contribution in [2.24, 2.45) is 0 Å². The summed E-state index contributed by atoms with van der Waals surface area (Å²) in [5.74, 6) is 0.0821. The molecule has 0 unspecified atom stereocenters. The maximum atomic E-state index is 12.7. The van der Waals surface area contributed by atoms with Crippen LogP contribution in [0.2, 0.25) is 0 Å². The van der Waals surface area contributed by atoms with Crippen LogP contribution in [0.4, 0.5) is 0 Å².